The normalized spacial score (nSPS) is 26.2. The maximum absolute atomic E-state index is 12.7. The van der Waals surface area contributed by atoms with Crippen molar-refractivity contribution in [1.82, 2.24) is 10.2 Å². The number of halogens is 1. The van der Waals surface area contributed by atoms with Gasteiger partial charge in [-0.15, -0.1) is 12.4 Å². The van der Waals surface area contributed by atoms with Crippen LogP contribution in [0.15, 0.2) is 18.2 Å². The molecule has 0 radical (unpaired) electrons. The summed E-state index contributed by atoms with van der Waals surface area (Å²) < 4.78 is 11.2. The van der Waals surface area contributed by atoms with E-state index in [2.05, 4.69) is 5.32 Å². The number of nitrogens with one attached hydrogen (secondary N) is 1. The van der Waals surface area contributed by atoms with Gasteiger partial charge >= 0.3 is 0 Å². The van der Waals surface area contributed by atoms with Gasteiger partial charge in [0, 0.05) is 26.2 Å². The molecule has 0 spiro atoms. The van der Waals surface area contributed by atoms with Gasteiger partial charge in [0.2, 0.25) is 0 Å². The zero-order valence-corrected chi connectivity index (χ0v) is 12.5. The minimum absolute atomic E-state index is 0. The third-order valence-electron chi connectivity index (χ3n) is 4.47. The van der Waals surface area contributed by atoms with Crippen LogP contribution in [0.3, 0.4) is 0 Å². The fraction of sp³-hybridized carbons (Fsp3) is 0.533. The molecule has 0 aliphatic carbocycles. The summed E-state index contributed by atoms with van der Waals surface area (Å²) in [5.41, 5.74) is 0.634. The molecule has 0 unspecified atom stereocenters. The number of hydrogen-bond acceptors (Lipinski definition) is 4. The molecule has 4 rings (SSSR count). The third kappa shape index (κ3) is 2.45. The molecule has 3 aliphatic rings. The highest BCUT2D eigenvalue weighted by atomic mass is 35.5. The molecule has 1 amide bonds. The fourth-order valence-corrected chi connectivity index (χ4v) is 3.43. The van der Waals surface area contributed by atoms with Crippen LogP contribution in [0.2, 0.25) is 0 Å². The summed E-state index contributed by atoms with van der Waals surface area (Å²) in [4.78, 5) is 14.7. The van der Waals surface area contributed by atoms with Gasteiger partial charge in [0.25, 0.3) is 5.91 Å². The fourth-order valence-electron chi connectivity index (χ4n) is 3.43. The third-order valence-corrected chi connectivity index (χ3v) is 4.47. The second-order valence-electron chi connectivity index (χ2n) is 5.72. The summed E-state index contributed by atoms with van der Waals surface area (Å²) in [5.74, 6) is 2.58. The first-order valence-electron chi connectivity index (χ1n) is 7.21. The molecule has 1 N–H and O–H groups in total. The second-order valence-corrected chi connectivity index (χ2v) is 5.72. The maximum atomic E-state index is 12.7. The summed E-state index contributed by atoms with van der Waals surface area (Å²) in [6.45, 7) is 4.81. The van der Waals surface area contributed by atoms with E-state index in [0.717, 1.165) is 26.2 Å². The summed E-state index contributed by atoms with van der Waals surface area (Å²) in [5, 5.41) is 3.39. The van der Waals surface area contributed by atoms with Gasteiger partial charge in [-0.25, -0.2) is 0 Å². The van der Waals surface area contributed by atoms with Crippen molar-refractivity contribution in [3.05, 3.63) is 23.8 Å². The van der Waals surface area contributed by atoms with E-state index < -0.39 is 0 Å². The molecule has 0 aromatic heterocycles. The maximum Gasteiger partial charge on any atom is 0.257 e. The Morgan fingerprint density at radius 1 is 1.14 bits per heavy atom. The van der Waals surface area contributed by atoms with Crippen molar-refractivity contribution in [3.8, 4) is 11.5 Å². The van der Waals surface area contributed by atoms with Gasteiger partial charge in [-0.1, -0.05) is 6.07 Å². The smallest absolute Gasteiger partial charge is 0.257 e. The number of fused-ring (bicyclic) bond motifs is 2. The largest absolute Gasteiger partial charge is 0.486 e. The molecule has 3 aliphatic heterocycles. The molecule has 114 valence electrons. The van der Waals surface area contributed by atoms with Gasteiger partial charge in [-0.3, -0.25) is 4.79 Å². The van der Waals surface area contributed by atoms with E-state index in [-0.39, 0.29) is 18.3 Å². The van der Waals surface area contributed by atoms with Crippen molar-refractivity contribution < 1.29 is 14.3 Å². The van der Waals surface area contributed by atoms with Gasteiger partial charge in [0.05, 0.1) is 5.56 Å². The Bertz CT molecular complexity index is 540. The van der Waals surface area contributed by atoms with E-state index in [1.54, 1.807) is 0 Å². The lowest BCUT2D eigenvalue weighted by Gasteiger charge is -2.23. The zero-order valence-electron chi connectivity index (χ0n) is 11.7. The highest BCUT2D eigenvalue weighted by Gasteiger charge is 2.39. The molecule has 1 aromatic carbocycles. The molecule has 0 saturated carbocycles. The van der Waals surface area contributed by atoms with E-state index in [1.165, 1.54) is 0 Å². The number of hydrogen-bond donors (Lipinski definition) is 1. The number of ether oxygens (including phenoxy) is 2. The Kier molecular flexibility index (Phi) is 3.95. The summed E-state index contributed by atoms with van der Waals surface area (Å²) in [6.07, 6.45) is 0. The number of nitrogens with zero attached hydrogens (tertiary/aromatic N) is 1. The molecule has 1 aromatic rings. The van der Waals surface area contributed by atoms with E-state index in [9.17, 15) is 4.79 Å². The molecule has 2 atom stereocenters. The predicted molar refractivity (Wildman–Crippen MR) is 80.4 cm³/mol. The number of carbonyl (C=O) groups excluding carboxylic acids is 1. The molecule has 21 heavy (non-hydrogen) atoms. The Balaban J connectivity index is 0.00000132. The van der Waals surface area contributed by atoms with Crippen LogP contribution in [0.1, 0.15) is 10.4 Å². The molecule has 5 nitrogen and oxygen atoms in total. The summed E-state index contributed by atoms with van der Waals surface area (Å²) in [6, 6.07) is 5.55. The quantitative estimate of drug-likeness (QED) is 0.846. The lowest BCUT2D eigenvalue weighted by Crippen LogP contribution is -2.32. The first kappa shape index (κ1) is 14.5. The number of benzene rings is 1. The van der Waals surface area contributed by atoms with Gasteiger partial charge in [-0.2, -0.15) is 0 Å². The molecule has 0 bridgehead atoms. The van der Waals surface area contributed by atoms with Crippen LogP contribution in [0.25, 0.3) is 0 Å². The van der Waals surface area contributed by atoms with Crippen molar-refractivity contribution in [1.29, 1.82) is 0 Å². The van der Waals surface area contributed by atoms with Gasteiger partial charge in [0.1, 0.15) is 13.2 Å². The Labute approximate surface area is 130 Å². The van der Waals surface area contributed by atoms with Gasteiger partial charge < -0.3 is 19.7 Å². The van der Waals surface area contributed by atoms with Crippen molar-refractivity contribution in [2.24, 2.45) is 11.8 Å². The number of likely N-dealkylation sites (tertiary alicyclic amines) is 1. The molecule has 2 saturated heterocycles. The average molecular weight is 311 g/mol. The van der Waals surface area contributed by atoms with Crippen molar-refractivity contribution in [2.75, 3.05) is 39.4 Å². The summed E-state index contributed by atoms with van der Waals surface area (Å²) >= 11 is 0. The molecular weight excluding hydrogens is 292 g/mol. The predicted octanol–water partition coefficient (Wildman–Crippen LogP) is 1.17. The Morgan fingerprint density at radius 2 is 1.86 bits per heavy atom. The topological polar surface area (TPSA) is 50.8 Å². The van der Waals surface area contributed by atoms with Crippen LogP contribution in [-0.4, -0.2) is 50.2 Å². The van der Waals surface area contributed by atoms with Crippen molar-refractivity contribution in [3.63, 3.8) is 0 Å². The van der Waals surface area contributed by atoms with Crippen LogP contribution < -0.4 is 14.8 Å². The van der Waals surface area contributed by atoms with Crippen molar-refractivity contribution >= 4 is 18.3 Å². The molecular formula is C15H19ClN2O3. The number of para-hydroxylation sites is 1. The van der Waals surface area contributed by atoms with Crippen LogP contribution in [0.4, 0.5) is 0 Å². The average Bonchev–Trinajstić information content (AvgIpc) is 3.07. The van der Waals surface area contributed by atoms with Gasteiger partial charge in [0.15, 0.2) is 11.5 Å². The summed E-state index contributed by atoms with van der Waals surface area (Å²) in [7, 11) is 0. The van der Waals surface area contributed by atoms with E-state index in [1.807, 2.05) is 23.1 Å². The highest BCUT2D eigenvalue weighted by molar-refractivity contribution is 5.98. The lowest BCUT2D eigenvalue weighted by molar-refractivity contribution is 0.0771. The van der Waals surface area contributed by atoms with Crippen LogP contribution in [0.5, 0.6) is 11.5 Å². The highest BCUT2D eigenvalue weighted by Crippen LogP contribution is 2.36. The van der Waals surface area contributed by atoms with Crippen LogP contribution in [-0.2, 0) is 0 Å². The lowest BCUT2D eigenvalue weighted by atomic mass is 10.0. The van der Waals surface area contributed by atoms with Crippen LogP contribution >= 0.6 is 12.4 Å². The molecule has 6 heteroatoms. The van der Waals surface area contributed by atoms with E-state index in [0.29, 0.717) is 42.1 Å². The monoisotopic (exact) mass is 310 g/mol. The number of amides is 1. The minimum Gasteiger partial charge on any atom is -0.486 e. The number of rotatable bonds is 1. The second kappa shape index (κ2) is 5.73. The first-order chi connectivity index (χ1) is 9.83. The number of carbonyl (C=O) groups is 1. The minimum atomic E-state index is 0. The van der Waals surface area contributed by atoms with Crippen molar-refractivity contribution in [2.45, 2.75) is 0 Å². The van der Waals surface area contributed by atoms with E-state index >= 15 is 0 Å². The molecule has 3 heterocycles. The van der Waals surface area contributed by atoms with E-state index in [4.69, 9.17) is 9.47 Å². The molecule has 2 fully saturated rings. The SMILES string of the molecule is Cl.O=C(c1cccc2c1OCCO2)N1C[C@H]2CNC[C@H]2C1. The Hall–Kier alpha value is -1.46. The van der Waals surface area contributed by atoms with Crippen LogP contribution in [0, 0.1) is 11.8 Å². The van der Waals surface area contributed by atoms with Gasteiger partial charge in [-0.05, 0) is 24.0 Å². The standard InChI is InChI=1S/C15H18N2O3.ClH/c18-15(17-8-10-6-16-7-11(10)9-17)12-2-1-3-13-14(12)20-5-4-19-13;/h1-3,10-11,16H,4-9H2;1H/t10-,11+;. The Morgan fingerprint density at radius 3 is 2.62 bits per heavy atom. The zero-order chi connectivity index (χ0) is 13.5. The first-order valence-corrected chi connectivity index (χ1v) is 7.21.